The van der Waals surface area contributed by atoms with E-state index >= 15 is 0 Å². The van der Waals surface area contributed by atoms with Crippen molar-refractivity contribution >= 4 is 34.7 Å². The number of benzene rings is 1. The Hall–Kier alpha value is -0.620. The van der Waals surface area contributed by atoms with E-state index in [0.29, 0.717) is 6.54 Å². The van der Waals surface area contributed by atoms with E-state index in [1.165, 1.54) is 0 Å². The maximum absolute atomic E-state index is 6.18. The van der Waals surface area contributed by atoms with Crippen LogP contribution in [0.2, 0.25) is 5.02 Å². The van der Waals surface area contributed by atoms with Crippen molar-refractivity contribution in [2.45, 2.75) is 22.6 Å². The lowest BCUT2D eigenvalue weighted by atomic mass is 10.1. The molecule has 0 saturated heterocycles. The van der Waals surface area contributed by atoms with Crippen LogP contribution >= 0.6 is 34.7 Å². The van der Waals surface area contributed by atoms with E-state index in [1.54, 1.807) is 23.1 Å². The first kappa shape index (κ1) is 12.8. The number of rotatable bonds is 4. The van der Waals surface area contributed by atoms with Gasteiger partial charge in [-0.2, -0.15) is 0 Å². The minimum absolute atomic E-state index is 0.590. The van der Waals surface area contributed by atoms with Crippen LogP contribution in [-0.2, 0) is 6.42 Å². The zero-order valence-corrected chi connectivity index (χ0v) is 11.7. The molecule has 2 N–H and O–H groups in total. The summed E-state index contributed by atoms with van der Waals surface area (Å²) in [6.45, 7) is 2.53. The number of aromatic nitrogens is 2. The molecule has 0 saturated carbocycles. The second-order valence-electron chi connectivity index (χ2n) is 3.44. The molecule has 0 atom stereocenters. The van der Waals surface area contributed by atoms with Gasteiger partial charge in [0, 0.05) is 9.92 Å². The topological polar surface area (TPSA) is 51.8 Å². The average molecular weight is 286 g/mol. The van der Waals surface area contributed by atoms with E-state index in [2.05, 4.69) is 10.2 Å². The van der Waals surface area contributed by atoms with Crippen molar-refractivity contribution in [1.29, 1.82) is 0 Å². The highest BCUT2D eigenvalue weighted by atomic mass is 35.5. The first-order valence-electron chi connectivity index (χ1n) is 5.16. The van der Waals surface area contributed by atoms with Crippen molar-refractivity contribution in [3.63, 3.8) is 0 Å². The van der Waals surface area contributed by atoms with Gasteiger partial charge < -0.3 is 5.73 Å². The highest BCUT2D eigenvalue weighted by molar-refractivity contribution is 8.01. The standard InChI is InChI=1S/C11H12ClN3S2/c1-7-14-15-11(16-7)17-10-4-2-3-9(12)8(10)5-6-13/h2-4H,5-6,13H2,1H3. The van der Waals surface area contributed by atoms with Gasteiger partial charge in [-0.05, 0) is 37.6 Å². The highest BCUT2D eigenvalue weighted by Crippen LogP contribution is 2.35. The van der Waals surface area contributed by atoms with E-state index in [1.807, 2.05) is 25.1 Å². The summed E-state index contributed by atoms with van der Waals surface area (Å²) in [7, 11) is 0. The minimum atomic E-state index is 0.590. The maximum Gasteiger partial charge on any atom is 0.179 e. The van der Waals surface area contributed by atoms with Crippen molar-refractivity contribution in [2.24, 2.45) is 5.73 Å². The molecule has 0 bridgehead atoms. The number of aryl methyl sites for hydroxylation is 1. The predicted molar refractivity (Wildman–Crippen MR) is 73.0 cm³/mol. The van der Waals surface area contributed by atoms with Gasteiger partial charge in [-0.25, -0.2) is 0 Å². The van der Waals surface area contributed by atoms with Crippen molar-refractivity contribution in [3.8, 4) is 0 Å². The molecular formula is C11H12ClN3S2. The lowest BCUT2D eigenvalue weighted by Gasteiger charge is -2.08. The van der Waals surface area contributed by atoms with E-state index in [0.717, 1.165) is 31.2 Å². The molecule has 1 aromatic heterocycles. The maximum atomic E-state index is 6.18. The highest BCUT2D eigenvalue weighted by Gasteiger charge is 2.10. The van der Waals surface area contributed by atoms with Crippen LogP contribution < -0.4 is 5.73 Å². The van der Waals surface area contributed by atoms with E-state index in [9.17, 15) is 0 Å². The summed E-state index contributed by atoms with van der Waals surface area (Å²) in [6.07, 6.45) is 0.778. The van der Waals surface area contributed by atoms with Gasteiger partial charge in [0.05, 0.1) is 0 Å². The van der Waals surface area contributed by atoms with Gasteiger partial charge in [0.15, 0.2) is 4.34 Å². The monoisotopic (exact) mass is 285 g/mol. The summed E-state index contributed by atoms with van der Waals surface area (Å²) < 4.78 is 0.933. The zero-order valence-electron chi connectivity index (χ0n) is 9.31. The number of nitrogens with two attached hydrogens (primary N) is 1. The quantitative estimate of drug-likeness (QED) is 0.937. The van der Waals surface area contributed by atoms with Gasteiger partial charge in [-0.15, -0.1) is 10.2 Å². The van der Waals surface area contributed by atoms with Crippen LogP contribution in [0.1, 0.15) is 10.6 Å². The Morgan fingerprint density at radius 2 is 2.24 bits per heavy atom. The van der Waals surface area contributed by atoms with Gasteiger partial charge in [0.1, 0.15) is 5.01 Å². The molecule has 0 aliphatic heterocycles. The Kier molecular flexibility index (Phi) is 4.39. The number of hydrogen-bond acceptors (Lipinski definition) is 5. The summed E-state index contributed by atoms with van der Waals surface area (Å²) in [6, 6.07) is 5.87. The molecule has 90 valence electrons. The van der Waals surface area contributed by atoms with Gasteiger partial charge >= 0.3 is 0 Å². The fourth-order valence-electron chi connectivity index (χ4n) is 1.44. The Balaban J connectivity index is 2.28. The summed E-state index contributed by atoms with van der Waals surface area (Å²) in [5.41, 5.74) is 6.69. The lowest BCUT2D eigenvalue weighted by Crippen LogP contribution is -2.04. The molecular weight excluding hydrogens is 274 g/mol. The second kappa shape index (κ2) is 5.82. The summed E-state index contributed by atoms with van der Waals surface area (Å²) >= 11 is 9.35. The van der Waals surface area contributed by atoms with Crippen LogP contribution in [0.25, 0.3) is 0 Å². The molecule has 17 heavy (non-hydrogen) atoms. The first-order valence-corrected chi connectivity index (χ1v) is 7.17. The Morgan fingerprint density at radius 1 is 1.41 bits per heavy atom. The van der Waals surface area contributed by atoms with Gasteiger partial charge in [0.25, 0.3) is 0 Å². The molecule has 0 amide bonds. The molecule has 0 aliphatic carbocycles. The van der Waals surface area contributed by atoms with Crippen LogP contribution in [0.3, 0.4) is 0 Å². The Labute approximate surface area is 113 Å². The van der Waals surface area contributed by atoms with E-state index in [-0.39, 0.29) is 0 Å². The SMILES string of the molecule is Cc1nnc(Sc2cccc(Cl)c2CCN)s1. The number of nitrogens with zero attached hydrogens (tertiary/aromatic N) is 2. The molecule has 1 aromatic carbocycles. The van der Waals surface area contributed by atoms with Crippen molar-refractivity contribution in [1.82, 2.24) is 10.2 Å². The number of hydrogen-bond donors (Lipinski definition) is 1. The molecule has 0 unspecified atom stereocenters. The fourth-order valence-corrected chi connectivity index (χ4v) is 3.73. The molecule has 0 aliphatic rings. The van der Waals surface area contributed by atoms with E-state index < -0.39 is 0 Å². The summed E-state index contributed by atoms with van der Waals surface area (Å²) in [5.74, 6) is 0. The predicted octanol–water partition coefficient (Wildman–Crippen LogP) is 3.15. The van der Waals surface area contributed by atoms with Crippen LogP contribution in [0, 0.1) is 6.92 Å². The van der Waals surface area contributed by atoms with E-state index in [4.69, 9.17) is 17.3 Å². The Bertz CT molecular complexity index is 513. The normalized spacial score (nSPS) is 10.8. The Morgan fingerprint density at radius 3 is 2.88 bits per heavy atom. The zero-order chi connectivity index (χ0) is 12.3. The molecule has 0 radical (unpaired) electrons. The lowest BCUT2D eigenvalue weighted by molar-refractivity contribution is 0.942. The third-order valence-corrected chi connectivity index (χ3v) is 4.52. The summed E-state index contributed by atoms with van der Waals surface area (Å²) in [4.78, 5) is 1.11. The first-order chi connectivity index (χ1) is 8.20. The molecule has 0 fully saturated rings. The third kappa shape index (κ3) is 3.19. The van der Waals surface area contributed by atoms with Gasteiger partial charge in [0.2, 0.25) is 0 Å². The number of halogens is 1. The largest absolute Gasteiger partial charge is 0.330 e. The van der Waals surface area contributed by atoms with Crippen LogP contribution in [0.15, 0.2) is 27.4 Å². The summed E-state index contributed by atoms with van der Waals surface area (Å²) in [5, 5.41) is 9.83. The average Bonchev–Trinajstić information content (AvgIpc) is 2.69. The third-order valence-electron chi connectivity index (χ3n) is 2.17. The van der Waals surface area contributed by atoms with Crippen LogP contribution in [-0.4, -0.2) is 16.7 Å². The van der Waals surface area contributed by atoms with Gasteiger partial charge in [-0.3, -0.25) is 0 Å². The van der Waals surface area contributed by atoms with Crippen molar-refractivity contribution in [2.75, 3.05) is 6.54 Å². The molecule has 0 spiro atoms. The molecule has 6 heteroatoms. The molecule has 2 rings (SSSR count). The van der Waals surface area contributed by atoms with Gasteiger partial charge in [-0.1, -0.05) is 40.8 Å². The second-order valence-corrected chi connectivity index (χ2v) is 6.32. The fraction of sp³-hybridized carbons (Fsp3) is 0.273. The van der Waals surface area contributed by atoms with Crippen LogP contribution in [0.4, 0.5) is 0 Å². The van der Waals surface area contributed by atoms with Crippen molar-refractivity contribution < 1.29 is 0 Å². The minimum Gasteiger partial charge on any atom is -0.330 e. The van der Waals surface area contributed by atoms with Crippen molar-refractivity contribution in [3.05, 3.63) is 33.8 Å². The van der Waals surface area contributed by atoms with Crippen LogP contribution in [0.5, 0.6) is 0 Å². The molecule has 3 nitrogen and oxygen atoms in total. The molecule has 1 heterocycles. The smallest absolute Gasteiger partial charge is 0.179 e. The molecule has 2 aromatic rings.